The molecular formula is C15H13NO5. The lowest BCUT2D eigenvalue weighted by Crippen LogP contribution is -2.00. The van der Waals surface area contributed by atoms with Crippen LogP contribution in [0.5, 0.6) is 11.5 Å². The van der Waals surface area contributed by atoms with E-state index in [-0.39, 0.29) is 17.9 Å². The molecule has 0 saturated carbocycles. The van der Waals surface area contributed by atoms with Crippen molar-refractivity contribution >= 4 is 11.7 Å². The minimum atomic E-state index is -0.950. The van der Waals surface area contributed by atoms with Gasteiger partial charge < -0.3 is 9.84 Å². The average molecular weight is 287 g/mol. The third kappa shape index (κ3) is 3.56. The Morgan fingerprint density at radius 3 is 2.67 bits per heavy atom. The molecule has 6 nitrogen and oxygen atoms in total. The topological polar surface area (TPSA) is 89.7 Å². The number of nitro groups is 1. The molecule has 108 valence electrons. The van der Waals surface area contributed by atoms with Gasteiger partial charge in [-0.15, -0.1) is 0 Å². The first-order valence-electron chi connectivity index (χ1n) is 6.20. The molecule has 1 N–H and O–H groups in total. The second kappa shape index (κ2) is 6.04. The van der Waals surface area contributed by atoms with Crippen molar-refractivity contribution in [3.05, 3.63) is 63.7 Å². The van der Waals surface area contributed by atoms with Crippen LogP contribution in [0.25, 0.3) is 0 Å². The van der Waals surface area contributed by atoms with Crippen molar-refractivity contribution in [3.63, 3.8) is 0 Å². The lowest BCUT2D eigenvalue weighted by Gasteiger charge is -2.09. The van der Waals surface area contributed by atoms with Gasteiger partial charge in [-0.25, -0.2) is 0 Å². The van der Waals surface area contributed by atoms with Crippen molar-refractivity contribution in [1.29, 1.82) is 0 Å². The second-order valence-electron chi connectivity index (χ2n) is 4.50. The highest BCUT2D eigenvalue weighted by molar-refractivity contribution is 5.70. The minimum Gasteiger partial charge on any atom is -0.481 e. The molecule has 21 heavy (non-hydrogen) atoms. The lowest BCUT2D eigenvalue weighted by atomic mass is 10.1. The molecule has 0 aliphatic heterocycles. The number of aryl methyl sites for hydroxylation is 1. The summed E-state index contributed by atoms with van der Waals surface area (Å²) in [7, 11) is 0. The van der Waals surface area contributed by atoms with Crippen molar-refractivity contribution in [3.8, 4) is 11.5 Å². The molecule has 0 amide bonds. The van der Waals surface area contributed by atoms with Gasteiger partial charge in [0.25, 0.3) is 0 Å². The molecule has 0 atom stereocenters. The molecule has 0 bridgehead atoms. The van der Waals surface area contributed by atoms with E-state index in [4.69, 9.17) is 9.84 Å². The number of aliphatic carboxylic acids is 1. The molecule has 6 heteroatoms. The monoisotopic (exact) mass is 287 g/mol. The maximum absolute atomic E-state index is 11.0. The normalized spacial score (nSPS) is 10.1. The summed E-state index contributed by atoms with van der Waals surface area (Å²) >= 11 is 0. The fourth-order valence-corrected chi connectivity index (χ4v) is 1.92. The van der Waals surface area contributed by atoms with Gasteiger partial charge in [-0.2, -0.15) is 0 Å². The van der Waals surface area contributed by atoms with E-state index < -0.39 is 10.9 Å². The van der Waals surface area contributed by atoms with Gasteiger partial charge in [0.1, 0.15) is 5.75 Å². The van der Waals surface area contributed by atoms with Crippen LogP contribution < -0.4 is 4.74 Å². The molecule has 0 aromatic heterocycles. The number of carboxylic acids is 1. The standard InChI is InChI=1S/C15H13NO5/c1-10-4-2-7-13(16(19)20)15(10)21-12-6-3-5-11(8-12)9-14(17)18/h2-8H,9H2,1H3,(H,17,18). The summed E-state index contributed by atoms with van der Waals surface area (Å²) in [6.45, 7) is 1.71. The van der Waals surface area contributed by atoms with E-state index in [9.17, 15) is 14.9 Å². The number of carbonyl (C=O) groups is 1. The maximum atomic E-state index is 11.0. The van der Waals surface area contributed by atoms with E-state index in [1.807, 2.05) is 0 Å². The van der Waals surface area contributed by atoms with Crippen LogP contribution in [-0.2, 0) is 11.2 Å². The summed E-state index contributed by atoms with van der Waals surface area (Å²) in [6.07, 6.45) is -0.132. The van der Waals surface area contributed by atoms with Crippen molar-refractivity contribution in [2.24, 2.45) is 0 Å². The van der Waals surface area contributed by atoms with Crippen LogP contribution in [-0.4, -0.2) is 16.0 Å². The fourth-order valence-electron chi connectivity index (χ4n) is 1.92. The SMILES string of the molecule is Cc1cccc([N+](=O)[O-])c1Oc1cccc(CC(=O)O)c1. The predicted octanol–water partition coefficient (Wildman–Crippen LogP) is 3.32. The van der Waals surface area contributed by atoms with E-state index >= 15 is 0 Å². The fraction of sp³-hybridized carbons (Fsp3) is 0.133. The average Bonchev–Trinajstić information content (AvgIpc) is 2.40. The van der Waals surface area contributed by atoms with Crippen LogP contribution in [0.2, 0.25) is 0 Å². The zero-order valence-electron chi connectivity index (χ0n) is 11.3. The summed E-state index contributed by atoms with van der Waals surface area (Å²) < 4.78 is 5.59. The van der Waals surface area contributed by atoms with Crippen LogP contribution in [0.3, 0.4) is 0 Å². The quantitative estimate of drug-likeness (QED) is 0.673. The van der Waals surface area contributed by atoms with E-state index in [0.717, 1.165) is 0 Å². The summed E-state index contributed by atoms with van der Waals surface area (Å²) in [5, 5.41) is 19.8. The Kier molecular flexibility index (Phi) is 4.18. The summed E-state index contributed by atoms with van der Waals surface area (Å²) in [6, 6.07) is 11.2. The Labute approximate surface area is 120 Å². The van der Waals surface area contributed by atoms with Crippen molar-refractivity contribution in [2.75, 3.05) is 0 Å². The molecule has 0 aliphatic rings. The molecule has 0 heterocycles. The lowest BCUT2D eigenvalue weighted by molar-refractivity contribution is -0.385. The van der Waals surface area contributed by atoms with Gasteiger partial charge in [0.15, 0.2) is 0 Å². The molecule has 0 saturated heterocycles. The Bertz CT molecular complexity index is 696. The number of rotatable bonds is 5. The number of hydrogen-bond acceptors (Lipinski definition) is 4. The number of benzene rings is 2. The third-order valence-electron chi connectivity index (χ3n) is 2.86. The number of ether oxygens (including phenoxy) is 1. The third-order valence-corrected chi connectivity index (χ3v) is 2.86. The molecule has 2 aromatic rings. The molecule has 2 aromatic carbocycles. The van der Waals surface area contributed by atoms with Gasteiger partial charge in [-0.3, -0.25) is 14.9 Å². The zero-order chi connectivity index (χ0) is 15.4. The van der Waals surface area contributed by atoms with Crippen LogP contribution in [0, 0.1) is 17.0 Å². The van der Waals surface area contributed by atoms with Gasteiger partial charge in [-0.1, -0.05) is 24.3 Å². The molecule has 0 spiro atoms. The Morgan fingerprint density at radius 2 is 2.00 bits per heavy atom. The largest absolute Gasteiger partial charge is 0.481 e. The summed E-state index contributed by atoms with van der Waals surface area (Å²) in [5.41, 5.74) is 1.07. The molecule has 0 unspecified atom stereocenters. The number of hydrogen-bond donors (Lipinski definition) is 1. The number of carboxylic acid groups (broad SMARTS) is 1. The Morgan fingerprint density at radius 1 is 1.29 bits per heavy atom. The number of nitro benzene ring substituents is 1. The molecule has 0 fully saturated rings. The van der Waals surface area contributed by atoms with Gasteiger partial charge in [0.2, 0.25) is 5.75 Å². The second-order valence-corrected chi connectivity index (χ2v) is 4.50. The Balaban J connectivity index is 2.34. The molecule has 0 aliphatic carbocycles. The van der Waals surface area contributed by atoms with Gasteiger partial charge in [0.05, 0.1) is 11.3 Å². The highest BCUT2D eigenvalue weighted by atomic mass is 16.6. The summed E-state index contributed by atoms with van der Waals surface area (Å²) in [5.74, 6) is -0.421. The summed E-state index contributed by atoms with van der Waals surface area (Å²) in [4.78, 5) is 21.2. The van der Waals surface area contributed by atoms with Crippen LogP contribution in [0.1, 0.15) is 11.1 Å². The van der Waals surface area contributed by atoms with Gasteiger partial charge in [-0.05, 0) is 30.2 Å². The first kappa shape index (κ1) is 14.5. The van der Waals surface area contributed by atoms with Crippen molar-refractivity contribution in [1.82, 2.24) is 0 Å². The molecular weight excluding hydrogens is 274 g/mol. The van der Waals surface area contributed by atoms with E-state index in [2.05, 4.69) is 0 Å². The van der Waals surface area contributed by atoms with Gasteiger partial charge in [0, 0.05) is 6.07 Å². The van der Waals surface area contributed by atoms with Crippen LogP contribution >= 0.6 is 0 Å². The zero-order valence-corrected chi connectivity index (χ0v) is 11.3. The van der Waals surface area contributed by atoms with Gasteiger partial charge >= 0.3 is 11.7 Å². The Hall–Kier alpha value is -2.89. The van der Waals surface area contributed by atoms with E-state index in [0.29, 0.717) is 16.9 Å². The smallest absolute Gasteiger partial charge is 0.311 e. The number of nitrogens with zero attached hydrogens (tertiary/aromatic N) is 1. The molecule has 2 rings (SSSR count). The highest BCUT2D eigenvalue weighted by Gasteiger charge is 2.17. The molecule has 0 radical (unpaired) electrons. The van der Waals surface area contributed by atoms with Crippen LogP contribution in [0.4, 0.5) is 5.69 Å². The highest BCUT2D eigenvalue weighted by Crippen LogP contribution is 2.34. The van der Waals surface area contributed by atoms with Crippen molar-refractivity contribution in [2.45, 2.75) is 13.3 Å². The first-order valence-corrected chi connectivity index (χ1v) is 6.20. The van der Waals surface area contributed by atoms with Crippen molar-refractivity contribution < 1.29 is 19.6 Å². The minimum absolute atomic E-state index is 0.126. The van der Waals surface area contributed by atoms with E-state index in [1.165, 1.54) is 6.07 Å². The van der Waals surface area contributed by atoms with E-state index in [1.54, 1.807) is 43.3 Å². The van der Waals surface area contributed by atoms with Crippen LogP contribution in [0.15, 0.2) is 42.5 Å². The maximum Gasteiger partial charge on any atom is 0.311 e. The first-order chi connectivity index (χ1) is 9.97. The number of para-hydroxylation sites is 1. The predicted molar refractivity (Wildman–Crippen MR) is 75.7 cm³/mol.